The van der Waals surface area contributed by atoms with Gasteiger partial charge < -0.3 is 15.4 Å². The van der Waals surface area contributed by atoms with Gasteiger partial charge in [-0.3, -0.25) is 4.99 Å². The summed E-state index contributed by atoms with van der Waals surface area (Å²) in [5.41, 5.74) is 0.668. The van der Waals surface area contributed by atoms with Crippen LogP contribution in [0.25, 0.3) is 0 Å². The minimum atomic E-state index is -3.50. The molecule has 0 atom stereocenters. The number of methoxy groups -OCH3 is 1. The summed E-state index contributed by atoms with van der Waals surface area (Å²) in [5, 5.41) is 6.23. The van der Waals surface area contributed by atoms with Gasteiger partial charge in [-0.15, -0.1) is 0 Å². The first-order valence-corrected chi connectivity index (χ1v) is 9.82. The number of hydrogen-bond acceptors (Lipinski definition) is 4. The largest absolute Gasteiger partial charge is 0.377 e. The minimum Gasteiger partial charge on any atom is -0.377 e. The van der Waals surface area contributed by atoms with E-state index in [0.717, 1.165) is 5.56 Å². The molecule has 0 amide bonds. The Hall–Kier alpha value is -1.64. The topological polar surface area (TPSA) is 91.8 Å². The van der Waals surface area contributed by atoms with Gasteiger partial charge in [-0.05, 0) is 39.8 Å². The predicted octanol–water partition coefficient (Wildman–Crippen LogP) is 1.25. The number of sulfonamides is 1. The van der Waals surface area contributed by atoms with Gasteiger partial charge in [0.05, 0.1) is 17.0 Å². The average Bonchev–Trinajstić information content (AvgIpc) is 2.57. The third kappa shape index (κ3) is 7.85. The third-order valence-corrected chi connectivity index (χ3v) is 5.03. The van der Waals surface area contributed by atoms with Crippen molar-refractivity contribution in [3.8, 4) is 0 Å². The Morgan fingerprint density at radius 2 is 1.80 bits per heavy atom. The average molecular weight is 371 g/mol. The molecule has 7 nitrogen and oxygen atoms in total. The van der Waals surface area contributed by atoms with E-state index in [1.165, 1.54) is 0 Å². The second kappa shape index (κ2) is 9.74. The van der Waals surface area contributed by atoms with Crippen LogP contribution in [0, 0.1) is 6.92 Å². The Balaban J connectivity index is 2.53. The van der Waals surface area contributed by atoms with Crippen LogP contribution in [0.3, 0.4) is 0 Å². The van der Waals surface area contributed by atoms with Crippen LogP contribution in [0.15, 0.2) is 34.2 Å². The van der Waals surface area contributed by atoms with Crippen LogP contribution in [0.5, 0.6) is 0 Å². The van der Waals surface area contributed by atoms with Crippen LogP contribution < -0.4 is 15.4 Å². The van der Waals surface area contributed by atoms with Crippen molar-refractivity contribution in [2.75, 3.05) is 33.3 Å². The molecule has 0 heterocycles. The SMILES string of the molecule is CCNC(=NCC(C)(C)OC)NCCNS(=O)(=O)c1ccc(C)cc1. The van der Waals surface area contributed by atoms with Crippen molar-refractivity contribution in [3.63, 3.8) is 0 Å². The molecule has 0 fully saturated rings. The van der Waals surface area contributed by atoms with E-state index in [9.17, 15) is 8.42 Å². The number of nitrogens with one attached hydrogen (secondary N) is 3. The van der Waals surface area contributed by atoms with E-state index in [-0.39, 0.29) is 17.0 Å². The zero-order chi connectivity index (χ0) is 18.9. The molecule has 0 aromatic heterocycles. The monoisotopic (exact) mass is 370 g/mol. The van der Waals surface area contributed by atoms with Gasteiger partial charge in [0.2, 0.25) is 10.0 Å². The first-order valence-electron chi connectivity index (χ1n) is 8.34. The van der Waals surface area contributed by atoms with Crippen molar-refractivity contribution in [1.29, 1.82) is 0 Å². The van der Waals surface area contributed by atoms with Crippen molar-refractivity contribution < 1.29 is 13.2 Å². The van der Waals surface area contributed by atoms with Crippen molar-refractivity contribution in [1.82, 2.24) is 15.4 Å². The molecule has 0 spiro atoms. The molecule has 142 valence electrons. The smallest absolute Gasteiger partial charge is 0.240 e. The van der Waals surface area contributed by atoms with Crippen LogP contribution in [0.2, 0.25) is 0 Å². The Labute approximate surface area is 151 Å². The first kappa shape index (κ1) is 21.4. The van der Waals surface area contributed by atoms with Crippen LogP contribution in [0.1, 0.15) is 26.3 Å². The number of ether oxygens (including phenoxy) is 1. The first-order chi connectivity index (χ1) is 11.7. The molecule has 0 radical (unpaired) electrons. The zero-order valence-corrected chi connectivity index (χ0v) is 16.5. The molecule has 1 aromatic carbocycles. The molecule has 0 bridgehead atoms. The van der Waals surface area contributed by atoms with Crippen molar-refractivity contribution >= 4 is 16.0 Å². The Morgan fingerprint density at radius 3 is 2.36 bits per heavy atom. The van der Waals surface area contributed by atoms with Crippen LogP contribution >= 0.6 is 0 Å². The molecule has 0 aliphatic heterocycles. The minimum absolute atomic E-state index is 0.258. The van der Waals surface area contributed by atoms with Gasteiger partial charge in [-0.1, -0.05) is 17.7 Å². The molecule has 0 saturated carbocycles. The second-order valence-electron chi connectivity index (χ2n) is 6.30. The van der Waals surface area contributed by atoms with Gasteiger partial charge >= 0.3 is 0 Å². The van der Waals surface area contributed by atoms with E-state index in [4.69, 9.17) is 4.74 Å². The number of aryl methyl sites for hydroxylation is 1. The van der Waals surface area contributed by atoms with E-state index in [0.29, 0.717) is 25.6 Å². The number of rotatable bonds is 9. The van der Waals surface area contributed by atoms with E-state index < -0.39 is 10.0 Å². The summed E-state index contributed by atoms with van der Waals surface area (Å²) < 4.78 is 32.3. The van der Waals surface area contributed by atoms with E-state index >= 15 is 0 Å². The highest BCUT2D eigenvalue weighted by molar-refractivity contribution is 7.89. The summed E-state index contributed by atoms with van der Waals surface area (Å²) in [5.74, 6) is 0.627. The Kier molecular flexibility index (Phi) is 8.34. The molecular weight excluding hydrogens is 340 g/mol. The van der Waals surface area contributed by atoms with Crippen molar-refractivity contribution in [2.24, 2.45) is 4.99 Å². The molecule has 25 heavy (non-hydrogen) atoms. The van der Waals surface area contributed by atoms with Gasteiger partial charge in [0.15, 0.2) is 5.96 Å². The number of nitrogens with zero attached hydrogens (tertiary/aromatic N) is 1. The van der Waals surface area contributed by atoms with Gasteiger partial charge in [-0.2, -0.15) is 0 Å². The summed E-state index contributed by atoms with van der Waals surface area (Å²) in [6.45, 7) is 9.69. The van der Waals surface area contributed by atoms with Crippen LogP contribution in [0.4, 0.5) is 0 Å². The maximum absolute atomic E-state index is 12.2. The van der Waals surface area contributed by atoms with Gasteiger partial charge in [0.1, 0.15) is 0 Å². The van der Waals surface area contributed by atoms with E-state index in [2.05, 4.69) is 20.3 Å². The number of guanidine groups is 1. The van der Waals surface area contributed by atoms with Crippen molar-refractivity contribution in [3.05, 3.63) is 29.8 Å². The fraction of sp³-hybridized carbons (Fsp3) is 0.588. The molecule has 0 unspecified atom stereocenters. The standard InChI is InChI=1S/C17H30N4O3S/c1-6-18-16(20-13-17(3,4)24-5)19-11-12-21-25(22,23)15-9-7-14(2)8-10-15/h7-10,21H,6,11-13H2,1-5H3,(H2,18,19,20). The lowest BCUT2D eigenvalue weighted by molar-refractivity contribution is 0.0310. The summed E-state index contributed by atoms with van der Waals surface area (Å²) in [4.78, 5) is 4.71. The fourth-order valence-corrected chi connectivity index (χ4v) is 2.87. The predicted molar refractivity (Wildman–Crippen MR) is 101 cm³/mol. The molecule has 1 aromatic rings. The maximum atomic E-state index is 12.2. The lowest BCUT2D eigenvalue weighted by atomic mass is 10.1. The van der Waals surface area contributed by atoms with Crippen molar-refractivity contribution in [2.45, 2.75) is 38.2 Å². The Morgan fingerprint density at radius 1 is 1.16 bits per heavy atom. The maximum Gasteiger partial charge on any atom is 0.240 e. The third-order valence-electron chi connectivity index (χ3n) is 3.56. The lowest BCUT2D eigenvalue weighted by Gasteiger charge is -2.21. The number of aliphatic imine (C=N–C) groups is 1. The molecule has 0 aliphatic rings. The molecular formula is C17H30N4O3S. The quantitative estimate of drug-likeness (QED) is 0.346. The highest BCUT2D eigenvalue weighted by atomic mass is 32.2. The summed E-state index contributed by atoms with van der Waals surface area (Å²) >= 11 is 0. The van der Waals surface area contributed by atoms with Crippen LogP contribution in [-0.4, -0.2) is 53.3 Å². The summed E-state index contributed by atoms with van der Waals surface area (Å²) in [6.07, 6.45) is 0. The molecule has 0 saturated heterocycles. The van der Waals surface area contributed by atoms with Gasteiger partial charge in [0, 0.05) is 26.7 Å². The summed E-state index contributed by atoms with van der Waals surface area (Å²) in [7, 11) is -1.85. The number of benzene rings is 1. The highest BCUT2D eigenvalue weighted by Gasteiger charge is 2.16. The highest BCUT2D eigenvalue weighted by Crippen LogP contribution is 2.09. The zero-order valence-electron chi connectivity index (χ0n) is 15.7. The van der Waals surface area contributed by atoms with Crippen LogP contribution in [-0.2, 0) is 14.8 Å². The Bertz CT molecular complexity index is 655. The van der Waals surface area contributed by atoms with Gasteiger partial charge in [0.25, 0.3) is 0 Å². The molecule has 8 heteroatoms. The fourth-order valence-electron chi connectivity index (χ4n) is 1.84. The van der Waals surface area contributed by atoms with E-state index in [1.807, 2.05) is 27.7 Å². The lowest BCUT2D eigenvalue weighted by Crippen LogP contribution is -2.42. The normalized spacial score (nSPS) is 12.9. The molecule has 0 aliphatic carbocycles. The molecule has 1 rings (SSSR count). The summed E-state index contributed by atoms with van der Waals surface area (Å²) in [6, 6.07) is 6.76. The van der Waals surface area contributed by atoms with E-state index in [1.54, 1.807) is 31.4 Å². The van der Waals surface area contributed by atoms with Gasteiger partial charge in [-0.25, -0.2) is 13.1 Å². The number of hydrogen-bond donors (Lipinski definition) is 3. The second-order valence-corrected chi connectivity index (χ2v) is 8.06. The molecule has 3 N–H and O–H groups in total.